The molecule has 0 spiro atoms. The Morgan fingerprint density at radius 2 is 2.29 bits per heavy atom. The predicted molar refractivity (Wildman–Crippen MR) is 57.8 cm³/mol. The highest BCUT2D eigenvalue weighted by Crippen LogP contribution is 2.34. The first-order valence-electron chi connectivity index (χ1n) is 4.87. The molecule has 1 aliphatic rings. The summed E-state index contributed by atoms with van der Waals surface area (Å²) in [5.41, 5.74) is -0.952. The first kappa shape index (κ1) is 12.1. The molecule has 7 heteroatoms. The van der Waals surface area contributed by atoms with Crippen LogP contribution in [-0.2, 0) is 11.0 Å². The van der Waals surface area contributed by atoms with Crippen LogP contribution in [0.2, 0.25) is 0 Å². The second-order valence-electron chi connectivity index (χ2n) is 3.72. The Kier molecular flexibility index (Phi) is 2.94. The van der Waals surface area contributed by atoms with E-state index in [1.807, 2.05) is 0 Å². The van der Waals surface area contributed by atoms with Gasteiger partial charge in [-0.05, 0) is 0 Å². The van der Waals surface area contributed by atoms with Gasteiger partial charge in [0.15, 0.2) is 10.8 Å². The number of aromatic nitrogens is 1. The molecule has 1 aromatic rings. The van der Waals surface area contributed by atoms with Crippen LogP contribution in [0.1, 0.15) is 12.1 Å². The van der Waals surface area contributed by atoms with Gasteiger partial charge in [-0.2, -0.15) is 13.2 Å². The summed E-state index contributed by atoms with van der Waals surface area (Å²) < 4.78 is 37.1. The molecule has 0 saturated carbocycles. The Hall–Kier alpha value is -1.37. The number of amides is 1. The lowest BCUT2D eigenvalue weighted by Crippen LogP contribution is -2.24. The van der Waals surface area contributed by atoms with Crippen LogP contribution in [0, 0.1) is 5.92 Å². The minimum atomic E-state index is -4.46. The fraction of sp³-hybridized carbons (Fsp3) is 0.400. The van der Waals surface area contributed by atoms with Crippen LogP contribution >= 0.6 is 11.3 Å². The molecule has 1 amide bonds. The maximum atomic E-state index is 12.4. The zero-order valence-corrected chi connectivity index (χ0v) is 9.51. The van der Waals surface area contributed by atoms with Crippen LogP contribution in [0.25, 0.3) is 0 Å². The molecule has 0 bridgehead atoms. The van der Waals surface area contributed by atoms with Crippen molar-refractivity contribution in [2.45, 2.75) is 12.6 Å². The molecule has 92 valence electrons. The van der Waals surface area contributed by atoms with Gasteiger partial charge in [-0.15, -0.1) is 17.9 Å². The number of carbonyl (C=O) groups excluding carboxylic acids is 1. The van der Waals surface area contributed by atoms with Crippen molar-refractivity contribution in [2.24, 2.45) is 5.92 Å². The van der Waals surface area contributed by atoms with Crippen LogP contribution in [0.4, 0.5) is 18.3 Å². The van der Waals surface area contributed by atoms with E-state index in [1.165, 1.54) is 4.90 Å². The van der Waals surface area contributed by atoms with Crippen molar-refractivity contribution >= 4 is 22.4 Å². The third kappa shape index (κ3) is 2.33. The van der Waals surface area contributed by atoms with E-state index in [-0.39, 0.29) is 23.4 Å². The van der Waals surface area contributed by atoms with Crippen LogP contribution in [0.3, 0.4) is 0 Å². The van der Waals surface area contributed by atoms with Crippen molar-refractivity contribution in [3.63, 3.8) is 0 Å². The first-order valence-corrected chi connectivity index (χ1v) is 5.75. The molecule has 2 rings (SSSR count). The summed E-state index contributed by atoms with van der Waals surface area (Å²) in [7, 11) is 0. The molecule has 0 radical (unpaired) electrons. The van der Waals surface area contributed by atoms with E-state index in [1.54, 1.807) is 6.08 Å². The smallest absolute Gasteiger partial charge is 0.287 e. The van der Waals surface area contributed by atoms with Gasteiger partial charge in [-0.25, -0.2) is 4.98 Å². The van der Waals surface area contributed by atoms with Gasteiger partial charge in [0.1, 0.15) is 0 Å². The highest BCUT2D eigenvalue weighted by Gasteiger charge is 2.36. The number of anilines is 1. The average Bonchev–Trinajstić information content (AvgIpc) is 2.82. The number of hydrogen-bond acceptors (Lipinski definition) is 3. The molecular weight excluding hydrogens is 253 g/mol. The molecule has 1 saturated heterocycles. The number of thiazole rings is 1. The van der Waals surface area contributed by atoms with Gasteiger partial charge in [-0.3, -0.25) is 9.69 Å². The van der Waals surface area contributed by atoms with E-state index < -0.39 is 11.9 Å². The Balaban J connectivity index is 2.21. The zero-order valence-electron chi connectivity index (χ0n) is 8.70. The van der Waals surface area contributed by atoms with Crippen LogP contribution in [-0.4, -0.2) is 17.4 Å². The molecule has 1 unspecified atom stereocenters. The number of hydrogen-bond donors (Lipinski definition) is 0. The van der Waals surface area contributed by atoms with Crippen LogP contribution < -0.4 is 4.90 Å². The first-order chi connectivity index (χ1) is 7.91. The molecule has 0 N–H and O–H groups in total. The monoisotopic (exact) mass is 262 g/mol. The maximum absolute atomic E-state index is 12.4. The molecule has 1 aliphatic heterocycles. The van der Waals surface area contributed by atoms with Gasteiger partial charge in [0, 0.05) is 24.3 Å². The van der Waals surface area contributed by atoms with E-state index in [2.05, 4.69) is 11.6 Å². The van der Waals surface area contributed by atoms with Crippen molar-refractivity contribution in [3.8, 4) is 0 Å². The summed E-state index contributed by atoms with van der Waals surface area (Å²) in [6.07, 6.45) is -2.55. The van der Waals surface area contributed by atoms with E-state index >= 15 is 0 Å². The Bertz CT molecular complexity index is 455. The van der Waals surface area contributed by atoms with E-state index in [0.29, 0.717) is 6.54 Å². The van der Waals surface area contributed by atoms with Gasteiger partial charge in [0.2, 0.25) is 5.91 Å². The molecular formula is C10H9F3N2OS. The number of carbonyl (C=O) groups is 1. The second-order valence-corrected chi connectivity index (χ2v) is 4.55. The van der Waals surface area contributed by atoms with Crippen molar-refractivity contribution < 1.29 is 18.0 Å². The van der Waals surface area contributed by atoms with Crippen molar-refractivity contribution in [3.05, 3.63) is 23.7 Å². The zero-order chi connectivity index (χ0) is 12.6. The highest BCUT2D eigenvalue weighted by atomic mass is 32.1. The fourth-order valence-electron chi connectivity index (χ4n) is 1.60. The van der Waals surface area contributed by atoms with Crippen molar-refractivity contribution in [1.82, 2.24) is 4.98 Å². The third-order valence-electron chi connectivity index (χ3n) is 2.50. The summed E-state index contributed by atoms with van der Waals surface area (Å²) >= 11 is 0.830. The molecule has 1 aromatic heterocycles. The molecule has 0 aliphatic carbocycles. The Morgan fingerprint density at radius 1 is 1.59 bits per heavy atom. The van der Waals surface area contributed by atoms with E-state index in [4.69, 9.17) is 0 Å². The molecule has 1 atom stereocenters. The summed E-state index contributed by atoms with van der Waals surface area (Å²) in [5.74, 6) is -0.223. The normalized spacial score (nSPS) is 21.0. The fourth-order valence-corrected chi connectivity index (χ4v) is 2.45. The average molecular weight is 262 g/mol. The van der Waals surface area contributed by atoms with Gasteiger partial charge >= 0.3 is 6.18 Å². The number of nitrogens with zero attached hydrogens (tertiary/aromatic N) is 2. The van der Waals surface area contributed by atoms with Crippen molar-refractivity contribution in [2.75, 3.05) is 11.4 Å². The summed E-state index contributed by atoms with van der Waals surface area (Å²) in [6.45, 7) is 3.93. The molecule has 3 nitrogen and oxygen atoms in total. The second kappa shape index (κ2) is 4.14. The van der Waals surface area contributed by atoms with E-state index in [0.717, 1.165) is 16.7 Å². The largest absolute Gasteiger partial charge is 0.434 e. The summed E-state index contributed by atoms with van der Waals surface area (Å²) in [4.78, 5) is 16.3. The number of alkyl halides is 3. The quantitative estimate of drug-likeness (QED) is 0.768. The molecule has 17 heavy (non-hydrogen) atoms. The number of rotatable bonds is 2. The van der Waals surface area contributed by atoms with Gasteiger partial charge < -0.3 is 0 Å². The Labute approximate surface area is 99.6 Å². The lowest BCUT2D eigenvalue weighted by Gasteiger charge is -2.11. The third-order valence-corrected chi connectivity index (χ3v) is 3.37. The SMILES string of the molecule is C=CC1CC(=O)N(c2nc(C(F)(F)F)cs2)C1. The summed E-state index contributed by atoms with van der Waals surface area (Å²) in [6, 6.07) is 0. The summed E-state index contributed by atoms with van der Waals surface area (Å²) in [5, 5.41) is 1.02. The lowest BCUT2D eigenvalue weighted by molar-refractivity contribution is -0.140. The lowest BCUT2D eigenvalue weighted by atomic mass is 10.1. The minimum absolute atomic E-state index is 0.0132. The standard InChI is InChI=1S/C10H9F3N2OS/c1-2-6-3-8(16)15(4-6)9-14-7(5-17-9)10(11,12)13/h2,5-6H,1,3-4H2. The minimum Gasteiger partial charge on any atom is -0.287 e. The highest BCUT2D eigenvalue weighted by molar-refractivity contribution is 7.14. The topological polar surface area (TPSA) is 33.2 Å². The van der Waals surface area contributed by atoms with Gasteiger partial charge in [0.25, 0.3) is 0 Å². The molecule has 1 fully saturated rings. The van der Waals surface area contributed by atoms with Crippen LogP contribution in [0.5, 0.6) is 0 Å². The van der Waals surface area contributed by atoms with Gasteiger partial charge in [0.05, 0.1) is 0 Å². The molecule has 2 heterocycles. The van der Waals surface area contributed by atoms with E-state index in [9.17, 15) is 18.0 Å². The number of halogens is 3. The van der Waals surface area contributed by atoms with Crippen LogP contribution in [0.15, 0.2) is 18.0 Å². The Morgan fingerprint density at radius 3 is 2.76 bits per heavy atom. The van der Waals surface area contributed by atoms with Gasteiger partial charge in [-0.1, -0.05) is 6.08 Å². The maximum Gasteiger partial charge on any atom is 0.434 e. The van der Waals surface area contributed by atoms with Crippen molar-refractivity contribution in [1.29, 1.82) is 0 Å². The molecule has 0 aromatic carbocycles. The predicted octanol–water partition coefficient (Wildman–Crippen LogP) is 2.70.